The number of halogens is 1. The van der Waals surface area contributed by atoms with Crippen molar-refractivity contribution in [2.45, 2.75) is 18.9 Å². The first kappa shape index (κ1) is 17.5. The van der Waals surface area contributed by atoms with Crippen LogP contribution in [0.15, 0.2) is 42.6 Å². The highest BCUT2D eigenvalue weighted by Gasteiger charge is 2.19. The molecule has 4 rings (SSSR count). The number of ether oxygens (including phenoxy) is 1. The molecule has 0 radical (unpaired) electrons. The zero-order valence-electron chi connectivity index (χ0n) is 15.1. The molecule has 1 saturated heterocycles. The largest absolute Gasteiger partial charge is 0.496 e. The number of hydrogen-bond donors (Lipinski definition) is 3. The van der Waals surface area contributed by atoms with Gasteiger partial charge in [0, 0.05) is 35.2 Å². The lowest BCUT2D eigenvalue weighted by molar-refractivity contribution is 0.0927. The van der Waals surface area contributed by atoms with Gasteiger partial charge in [-0.1, -0.05) is 6.07 Å². The SMILES string of the molecule is COc1cc(-c2c[nH]c3cc(F)ccc23)ccc1C(=O)N[C@H]1CCCNC1. The van der Waals surface area contributed by atoms with Crippen LogP contribution >= 0.6 is 0 Å². The van der Waals surface area contributed by atoms with Crippen molar-refractivity contribution in [2.24, 2.45) is 0 Å². The summed E-state index contributed by atoms with van der Waals surface area (Å²) in [5, 5.41) is 7.28. The Hall–Kier alpha value is -2.86. The molecule has 1 fully saturated rings. The number of amides is 1. The van der Waals surface area contributed by atoms with Crippen LogP contribution in [0.5, 0.6) is 5.75 Å². The lowest BCUT2D eigenvalue weighted by Crippen LogP contribution is -2.45. The van der Waals surface area contributed by atoms with E-state index in [1.54, 1.807) is 19.2 Å². The number of nitrogens with one attached hydrogen (secondary N) is 3. The van der Waals surface area contributed by atoms with Gasteiger partial charge in [0.05, 0.1) is 12.7 Å². The number of aromatic amines is 1. The maximum Gasteiger partial charge on any atom is 0.255 e. The van der Waals surface area contributed by atoms with Crippen LogP contribution in [0.4, 0.5) is 4.39 Å². The number of carbonyl (C=O) groups is 1. The molecule has 1 amide bonds. The molecule has 3 N–H and O–H groups in total. The number of piperidine rings is 1. The molecule has 0 unspecified atom stereocenters. The quantitative estimate of drug-likeness (QED) is 0.662. The third kappa shape index (κ3) is 3.53. The number of fused-ring (bicyclic) bond motifs is 1. The van der Waals surface area contributed by atoms with Gasteiger partial charge in [0.15, 0.2) is 0 Å². The van der Waals surface area contributed by atoms with Gasteiger partial charge in [0.2, 0.25) is 0 Å². The molecule has 3 aromatic rings. The second-order valence-corrected chi connectivity index (χ2v) is 6.82. The highest BCUT2D eigenvalue weighted by Crippen LogP contribution is 2.32. The average Bonchev–Trinajstić information content (AvgIpc) is 3.11. The second-order valence-electron chi connectivity index (χ2n) is 6.82. The van der Waals surface area contributed by atoms with E-state index in [1.807, 2.05) is 18.3 Å². The summed E-state index contributed by atoms with van der Waals surface area (Å²) in [5.74, 6) is 0.107. The van der Waals surface area contributed by atoms with Crippen molar-refractivity contribution < 1.29 is 13.9 Å². The maximum atomic E-state index is 13.4. The highest BCUT2D eigenvalue weighted by molar-refractivity contribution is 6.00. The summed E-state index contributed by atoms with van der Waals surface area (Å²) in [6, 6.07) is 10.3. The average molecular weight is 367 g/mol. The molecule has 1 aliphatic heterocycles. The van der Waals surface area contributed by atoms with Gasteiger partial charge in [-0.15, -0.1) is 0 Å². The van der Waals surface area contributed by atoms with Crippen molar-refractivity contribution in [2.75, 3.05) is 20.2 Å². The molecule has 1 aliphatic rings. The summed E-state index contributed by atoms with van der Waals surface area (Å²) >= 11 is 0. The predicted octanol–water partition coefficient (Wildman–Crippen LogP) is 3.46. The van der Waals surface area contributed by atoms with E-state index in [1.165, 1.54) is 12.1 Å². The molecule has 1 atom stereocenters. The van der Waals surface area contributed by atoms with Gasteiger partial charge >= 0.3 is 0 Å². The molecule has 140 valence electrons. The topological polar surface area (TPSA) is 66.2 Å². The molecule has 0 spiro atoms. The van der Waals surface area contributed by atoms with Crippen LogP contribution in [0.25, 0.3) is 22.0 Å². The predicted molar refractivity (Wildman–Crippen MR) is 104 cm³/mol. The van der Waals surface area contributed by atoms with Crippen LogP contribution in [-0.2, 0) is 0 Å². The van der Waals surface area contributed by atoms with Crippen LogP contribution in [0.2, 0.25) is 0 Å². The van der Waals surface area contributed by atoms with Crippen molar-refractivity contribution in [3.63, 3.8) is 0 Å². The molecule has 27 heavy (non-hydrogen) atoms. The fourth-order valence-electron chi connectivity index (χ4n) is 3.62. The maximum absolute atomic E-state index is 13.4. The van der Waals surface area contributed by atoms with E-state index in [2.05, 4.69) is 15.6 Å². The van der Waals surface area contributed by atoms with E-state index in [0.29, 0.717) is 11.3 Å². The zero-order chi connectivity index (χ0) is 18.8. The highest BCUT2D eigenvalue weighted by atomic mass is 19.1. The fraction of sp³-hybridized carbons (Fsp3) is 0.286. The molecule has 6 heteroatoms. The summed E-state index contributed by atoms with van der Waals surface area (Å²) in [5.41, 5.74) is 3.08. The summed E-state index contributed by atoms with van der Waals surface area (Å²) in [7, 11) is 1.56. The van der Waals surface area contributed by atoms with Crippen LogP contribution in [0, 0.1) is 5.82 Å². The number of carbonyl (C=O) groups excluding carboxylic acids is 1. The number of aromatic nitrogens is 1. The van der Waals surface area contributed by atoms with Gasteiger partial charge in [-0.3, -0.25) is 4.79 Å². The van der Waals surface area contributed by atoms with Gasteiger partial charge in [-0.25, -0.2) is 4.39 Å². The van der Waals surface area contributed by atoms with Gasteiger partial charge < -0.3 is 20.4 Å². The van der Waals surface area contributed by atoms with E-state index >= 15 is 0 Å². The van der Waals surface area contributed by atoms with Crippen LogP contribution in [-0.4, -0.2) is 37.1 Å². The lowest BCUT2D eigenvalue weighted by Gasteiger charge is -2.24. The minimum absolute atomic E-state index is 0.131. The van der Waals surface area contributed by atoms with Crippen molar-refractivity contribution >= 4 is 16.8 Å². The molecule has 1 aromatic heterocycles. The van der Waals surface area contributed by atoms with Crippen LogP contribution < -0.4 is 15.4 Å². The first-order chi connectivity index (χ1) is 13.2. The Morgan fingerprint density at radius 2 is 2.15 bits per heavy atom. The molecule has 5 nitrogen and oxygen atoms in total. The van der Waals surface area contributed by atoms with Gasteiger partial charge in [0.1, 0.15) is 11.6 Å². The van der Waals surface area contributed by atoms with Crippen molar-refractivity contribution in [1.29, 1.82) is 0 Å². The number of rotatable bonds is 4. The minimum atomic E-state index is -0.280. The van der Waals surface area contributed by atoms with Gasteiger partial charge in [-0.05, 0) is 55.3 Å². The Morgan fingerprint density at radius 3 is 2.93 bits per heavy atom. The molecule has 0 bridgehead atoms. The van der Waals surface area contributed by atoms with E-state index in [-0.39, 0.29) is 17.8 Å². The standard InChI is InChI=1S/C21H22FN3O2/c1-27-20-9-13(18-12-24-19-10-14(22)5-7-16(18)19)4-6-17(20)21(26)25-15-3-2-8-23-11-15/h4-7,9-10,12,15,23-24H,2-3,8,11H2,1H3,(H,25,26)/t15-/m0/s1. The van der Waals surface area contributed by atoms with Gasteiger partial charge in [0.25, 0.3) is 5.91 Å². The molecular formula is C21H22FN3O2. The van der Waals surface area contributed by atoms with E-state index in [4.69, 9.17) is 4.74 Å². The van der Waals surface area contributed by atoms with Crippen LogP contribution in [0.1, 0.15) is 23.2 Å². The van der Waals surface area contributed by atoms with Crippen molar-refractivity contribution in [1.82, 2.24) is 15.6 Å². The van der Waals surface area contributed by atoms with Gasteiger partial charge in [-0.2, -0.15) is 0 Å². The Labute approximate surface area is 156 Å². The number of methoxy groups -OCH3 is 1. The monoisotopic (exact) mass is 367 g/mol. The summed E-state index contributed by atoms with van der Waals surface area (Å²) in [6.07, 6.45) is 3.87. The summed E-state index contributed by atoms with van der Waals surface area (Å²) in [4.78, 5) is 15.8. The van der Waals surface area contributed by atoms with Crippen molar-refractivity contribution in [3.8, 4) is 16.9 Å². The Morgan fingerprint density at radius 1 is 1.26 bits per heavy atom. The van der Waals surface area contributed by atoms with Crippen LogP contribution in [0.3, 0.4) is 0 Å². The second kappa shape index (κ2) is 7.40. The minimum Gasteiger partial charge on any atom is -0.496 e. The Bertz CT molecular complexity index is 977. The molecule has 0 saturated carbocycles. The number of hydrogen-bond acceptors (Lipinski definition) is 3. The van der Waals surface area contributed by atoms with E-state index < -0.39 is 0 Å². The smallest absolute Gasteiger partial charge is 0.255 e. The van der Waals surface area contributed by atoms with E-state index in [9.17, 15) is 9.18 Å². The molecule has 2 aromatic carbocycles. The van der Waals surface area contributed by atoms with Crippen molar-refractivity contribution in [3.05, 3.63) is 54.0 Å². The lowest BCUT2D eigenvalue weighted by atomic mass is 10.0. The first-order valence-electron chi connectivity index (χ1n) is 9.12. The fourth-order valence-corrected chi connectivity index (χ4v) is 3.62. The third-order valence-electron chi connectivity index (χ3n) is 5.03. The molecule has 2 heterocycles. The first-order valence-corrected chi connectivity index (χ1v) is 9.12. The Balaban J connectivity index is 1.63. The summed E-state index contributed by atoms with van der Waals surface area (Å²) in [6.45, 7) is 1.79. The molecular weight excluding hydrogens is 345 g/mol. The normalized spacial score (nSPS) is 17.0. The Kier molecular flexibility index (Phi) is 4.81. The molecule has 0 aliphatic carbocycles. The zero-order valence-corrected chi connectivity index (χ0v) is 15.1. The third-order valence-corrected chi connectivity index (χ3v) is 5.03. The van der Waals surface area contributed by atoms with E-state index in [0.717, 1.165) is 48.0 Å². The number of benzene rings is 2. The summed E-state index contributed by atoms with van der Waals surface area (Å²) < 4.78 is 18.9. The number of H-pyrrole nitrogens is 1.